The molecule has 44 heavy (non-hydrogen) atoms. The molecule has 0 radical (unpaired) electrons. The Hall–Kier alpha value is -3.30. The summed E-state index contributed by atoms with van der Waals surface area (Å²) in [6.07, 6.45) is 5.75. The van der Waals surface area contributed by atoms with Gasteiger partial charge in [-0.05, 0) is 92.7 Å². The molecule has 10 heteroatoms. The second-order valence-corrected chi connectivity index (χ2v) is 11.2. The van der Waals surface area contributed by atoms with Crippen LogP contribution in [0.5, 0.6) is 5.75 Å². The van der Waals surface area contributed by atoms with E-state index in [2.05, 4.69) is 91.9 Å². The number of Topliss-reactive ketones (excluding diaryl/α,β-unsaturated/α-hetero) is 1. The van der Waals surface area contributed by atoms with E-state index >= 15 is 0 Å². The quantitative estimate of drug-likeness (QED) is 0.134. The molecule has 0 amide bonds. The lowest BCUT2D eigenvalue weighted by atomic mass is 10.1. The van der Waals surface area contributed by atoms with Crippen LogP contribution >= 0.6 is 24.8 Å². The summed E-state index contributed by atoms with van der Waals surface area (Å²) in [5, 5.41) is 12.4. The molecule has 0 spiro atoms. The molecular formula is C34H44Cl2N6O2. The lowest BCUT2D eigenvalue weighted by Crippen LogP contribution is -2.27. The van der Waals surface area contributed by atoms with E-state index in [1.54, 1.807) is 0 Å². The fourth-order valence-corrected chi connectivity index (χ4v) is 5.36. The van der Waals surface area contributed by atoms with Crippen molar-refractivity contribution in [1.82, 2.24) is 30.0 Å². The summed E-state index contributed by atoms with van der Waals surface area (Å²) >= 11 is 0. The Kier molecular flexibility index (Phi) is 14.8. The zero-order valence-electron chi connectivity index (χ0n) is 25.5. The van der Waals surface area contributed by atoms with E-state index < -0.39 is 0 Å². The first-order chi connectivity index (χ1) is 20.6. The molecule has 1 fully saturated rings. The van der Waals surface area contributed by atoms with Gasteiger partial charge in [-0.15, -0.1) is 35.0 Å². The third kappa shape index (κ3) is 11.3. The lowest BCUT2D eigenvalue weighted by molar-refractivity contribution is -0.117. The number of rotatable bonds is 16. The maximum Gasteiger partial charge on any atom is 0.204 e. The second kappa shape index (κ2) is 18.5. The van der Waals surface area contributed by atoms with Crippen LogP contribution in [0.1, 0.15) is 49.3 Å². The number of aromatic nitrogens is 4. The van der Waals surface area contributed by atoms with Crippen LogP contribution in [0.15, 0.2) is 78.9 Å². The number of nitrogens with zero attached hydrogens (tertiary/aromatic N) is 6. The molecule has 3 aromatic carbocycles. The maximum atomic E-state index is 11.3. The Bertz CT molecular complexity index is 1380. The normalized spacial score (nSPS) is 13.0. The summed E-state index contributed by atoms with van der Waals surface area (Å²) in [5.41, 5.74) is 4.86. The first kappa shape index (κ1) is 35.2. The fraction of sp³-hybridized carbons (Fsp3) is 0.412. The van der Waals surface area contributed by atoms with Crippen LogP contribution in [-0.4, -0.2) is 68.6 Å². The van der Waals surface area contributed by atoms with Gasteiger partial charge in [0, 0.05) is 25.2 Å². The maximum absolute atomic E-state index is 11.3. The molecule has 236 valence electrons. The number of hydrogen-bond acceptors (Lipinski definition) is 7. The van der Waals surface area contributed by atoms with Crippen molar-refractivity contribution in [2.24, 2.45) is 0 Å². The van der Waals surface area contributed by atoms with Gasteiger partial charge in [0.2, 0.25) is 5.82 Å². The van der Waals surface area contributed by atoms with Gasteiger partial charge in [-0.2, -0.15) is 4.80 Å². The number of hydrogen-bond donors (Lipinski definition) is 0. The van der Waals surface area contributed by atoms with Gasteiger partial charge in [0.05, 0.1) is 6.61 Å². The molecule has 0 N–H and O–H groups in total. The highest BCUT2D eigenvalue weighted by molar-refractivity contribution is 5.85. The minimum Gasteiger partial charge on any atom is -0.494 e. The van der Waals surface area contributed by atoms with Crippen molar-refractivity contribution in [2.75, 3.05) is 32.8 Å². The van der Waals surface area contributed by atoms with Gasteiger partial charge in [-0.3, -0.25) is 14.6 Å². The summed E-state index contributed by atoms with van der Waals surface area (Å²) in [4.78, 5) is 17.7. The number of carbonyl (C=O) groups excluding carboxylic acids is 1. The van der Waals surface area contributed by atoms with Gasteiger partial charge in [0.25, 0.3) is 0 Å². The van der Waals surface area contributed by atoms with Gasteiger partial charge in [-0.1, -0.05) is 66.7 Å². The Labute approximate surface area is 273 Å². The standard InChI is InChI=1S/C34H42N6O2.2ClH/c1-28(41)25-40-36-34(35-37-40)32-15-11-30(12-16-32)27-39(23-19-29-9-3-2-4-10-29)22-7-8-24-42-33-17-13-31(14-18-33)26-38-20-5-6-21-38;;/h2-4,9-18H,5-8,19-27H2,1H3;2*1H. The average molecular weight is 640 g/mol. The van der Waals surface area contributed by atoms with Gasteiger partial charge >= 0.3 is 0 Å². The van der Waals surface area contributed by atoms with Crippen molar-refractivity contribution in [3.05, 3.63) is 95.6 Å². The largest absolute Gasteiger partial charge is 0.494 e. The van der Waals surface area contributed by atoms with E-state index in [1.165, 1.54) is 54.3 Å². The highest BCUT2D eigenvalue weighted by Gasteiger charge is 2.12. The predicted octanol–water partition coefficient (Wildman–Crippen LogP) is 6.27. The fourth-order valence-electron chi connectivity index (χ4n) is 5.36. The Morgan fingerprint density at radius 3 is 2.25 bits per heavy atom. The van der Waals surface area contributed by atoms with E-state index in [1.807, 2.05) is 12.1 Å². The predicted molar refractivity (Wildman–Crippen MR) is 180 cm³/mol. The van der Waals surface area contributed by atoms with Crippen LogP contribution in [-0.2, 0) is 30.8 Å². The van der Waals surface area contributed by atoms with Crippen molar-refractivity contribution < 1.29 is 9.53 Å². The summed E-state index contributed by atoms with van der Waals surface area (Å²) in [5.74, 6) is 1.49. The van der Waals surface area contributed by atoms with Crippen LogP contribution in [0.4, 0.5) is 0 Å². The van der Waals surface area contributed by atoms with Crippen molar-refractivity contribution >= 4 is 30.6 Å². The van der Waals surface area contributed by atoms with Crippen LogP contribution in [0, 0.1) is 0 Å². The lowest BCUT2D eigenvalue weighted by Gasteiger charge is -2.23. The van der Waals surface area contributed by atoms with E-state index in [-0.39, 0.29) is 37.1 Å². The molecule has 1 saturated heterocycles. The minimum atomic E-state index is -0.00149. The number of ether oxygens (including phenoxy) is 1. The highest BCUT2D eigenvalue weighted by Crippen LogP contribution is 2.18. The Morgan fingerprint density at radius 2 is 1.55 bits per heavy atom. The summed E-state index contributed by atoms with van der Waals surface area (Å²) in [6.45, 7) is 8.73. The molecule has 0 unspecified atom stereocenters. The summed E-state index contributed by atoms with van der Waals surface area (Å²) < 4.78 is 6.07. The molecule has 0 bridgehead atoms. The summed E-state index contributed by atoms with van der Waals surface area (Å²) in [7, 11) is 0. The SMILES string of the molecule is CC(=O)Cn1nnc(-c2ccc(CN(CCCCOc3ccc(CN4CCCC4)cc3)CCc3ccccc3)cc2)n1.Cl.Cl. The Morgan fingerprint density at radius 1 is 0.841 bits per heavy atom. The van der Waals surface area contributed by atoms with Gasteiger partial charge in [0.15, 0.2) is 5.78 Å². The smallest absolute Gasteiger partial charge is 0.204 e. The van der Waals surface area contributed by atoms with Crippen molar-refractivity contribution in [2.45, 2.75) is 58.7 Å². The topological polar surface area (TPSA) is 76.4 Å². The molecule has 1 aliphatic rings. The molecule has 8 nitrogen and oxygen atoms in total. The molecule has 2 heterocycles. The number of ketones is 1. The third-order valence-electron chi connectivity index (χ3n) is 7.66. The highest BCUT2D eigenvalue weighted by atomic mass is 35.5. The number of carbonyl (C=O) groups is 1. The molecule has 0 aliphatic carbocycles. The van der Waals surface area contributed by atoms with Crippen LogP contribution in [0.25, 0.3) is 11.4 Å². The number of likely N-dealkylation sites (tertiary alicyclic amines) is 1. The van der Waals surface area contributed by atoms with Crippen molar-refractivity contribution in [3.63, 3.8) is 0 Å². The van der Waals surface area contributed by atoms with Crippen molar-refractivity contribution in [3.8, 4) is 17.1 Å². The monoisotopic (exact) mass is 638 g/mol. The number of unbranched alkanes of at least 4 members (excludes halogenated alkanes) is 1. The zero-order valence-corrected chi connectivity index (χ0v) is 27.1. The van der Waals surface area contributed by atoms with Crippen LogP contribution in [0.3, 0.4) is 0 Å². The molecule has 0 atom stereocenters. The average Bonchev–Trinajstić information content (AvgIpc) is 3.69. The molecule has 4 aromatic rings. The second-order valence-electron chi connectivity index (χ2n) is 11.2. The molecular weight excluding hydrogens is 595 g/mol. The van der Waals surface area contributed by atoms with E-state index in [9.17, 15) is 4.79 Å². The zero-order chi connectivity index (χ0) is 29.0. The number of tetrazole rings is 1. The molecule has 0 saturated carbocycles. The van der Waals surface area contributed by atoms with E-state index in [0.717, 1.165) is 63.4 Å². The number of benzene rings is 3. The third-order valence-corrected chi connectivity index (χ3v) is 7.66. The van der Waals surface area contributed by atoms with Gasteiger partial charge in [0.1, 0.15) is 12.3 Å². The first-order valence-corrected chi connectivity index (χ1v) is 15.2. The van der Waals surface area contributed by atoms with E-state index in [0.29, 0.717) is 5.82 Å². The van der Waals surface area contributed by atoms with E-state index in [4.69, 9.17) is 4.74 Å². The first-order valence-electron chi connectivity index (χ1n) is 15.2. The summed E-state index contributed by atoms with van der Waals surface area (Å²) in [6, 6.07) is 27.6. The number of halogens is 2. The van der Waals surface area contributed by atoms with Crippen LogP contribution < -0.4 is 4.74 Å². The van der Waals surface area contributed by atoms with Crippen molar-refractivity contribution in [1.29, 1.82) is 0 Å². The minimum absolute atomic E-state index is 0. The van der Waals surface area contributed by atoms with Gasteiger partial charge < -0.3 is 4.74 Å². The van der Waals surface area contributed by atoms with Gasteiger partial charge in [-0.25, -0.2) is 0 Å². The van der Waals surface area contributed by atoms with Crippen LogP contribution in [0.2, 0.25) is 0 Å². The molecule has 1 aliphatic heterocycles. The Balaban J connectivity index is 0.00000264. The molecule has 1 aromatic heterocycles. The molecule has 5 rings (SSSR count).